The number of alkyl halides is 3. The van der Waals surface area contributed by atoms with Crippen LogP contribution in [0.25, 0.3) is 5.69 Å². The van der Waals surface area contributed by atoms with E-state index in [1.165, 1.54) is 31.3 Å². The summed E-state index contributed by atoms with van der Waals surface area (Å²) in [5, 5.41) is 9.24. The molecule has 0 aliphatic carbocycles. The maximum absolute atomic E-state index is 13.3. The lowest BCUT2D eigenvalue weighted by Gasteiger charge is -2.14. The first kappa shape index (κ1) is 23.1. The molecule has 2 N–H and O–H groups in total. The minimum Gasteiger partial charge on any atom is -0.343 e. The van der Waals surface area contributed by atoms with E-state index in [0.717, 1.165) is 27.4 Å². The van der Waals surface area contributed by atoms with Gasteiger partial charge in [-0.2, -0.15) is 18.3 Å². The number of nitrogens with one attached hydrogen (secondary N) is 2. The first-order valence-electron chi connectivity index (χ1n) is 9.86. The van der Waals surface area contributed by atoms with Crippen LogP contribution in [0.3, 0.4) is 0 Å². The van der Waals surface area contributed by atoms with Crippen molar-refractivity contribution in [3.05, 3.63) is 76.1 Å². The van der Waals surface area contributed by atoms with Gasteiger partial charge in [-0.15, -0.1) is 0 Å². The quantitative estimate of drug-likeness (QED) is 0.609. The van der Waals surface area contributed by atoms with E-state index >= 15 is 0 Å². The molecule has 0 saturated heterocycles. The maximum atomic E-state index is 13.3. The lowest BCUT2D eigenvalue weighted by Crippen LogP contribution is -2.33. The van der Waals surface area contributed by atoms with Gasteiger partial charge in [-0.3, -0.25) is 9.59 Å². The molecule has 1 heterocycles. The fourth-order valence-corrected chi connectivity index (χ4v) is 3.59. The second-order valence-corrected chi connectivity index (χ2v) is 7.57. The van der Waals surface area contributed by atoms with Crippen LogP contribution in [0.15, 0.2) is 42.6 Å². The van der Waals surface area contributed by atoms with Gasteiger partial charge in [0.25, 0.3) is 5.91 Å². The van der Waals surface area contributed by atoms with E-state index in [9.17, 15) is 22.8 Å². The molecule has 0 fully saturated rings. The van der Waals surface area contributed by atoms with Crippen molar-refractivity contribution in [3.63, 3.8) is 0 Å². The maximum Gasteiger partial charge on any atom is 0.418 e. The summed E-state index contributed by atoms with van der Waals surface area (Å²) in [4.78, 5) is 24.9. The third-order valence-corrected chi connectivity index (χ3v) is 5.04. The minimum atomic E-state index is -4.57. The molecule has 0 spiro atoms. The van der Waals surface area contributed by atoms with Gasteiger partial charge < -0.3 is 10.6 Å². The second kappa shape index (κ2) is 8.86. The molecule has 2 aromatic carbocycles. The number of carbonyl (C=O) groups is 2. The first-order valence-corrected chi connectivity index (χ1v) is 9.86. The molecule has 0 aliphatic rings. The Labute approximate surface area is 183 Å². The zero-order chi connectivity index (χ0) is 23.6. The number of carbonyl (C=O) groups excluding carboxylic acids is 2. The number of para-hydroxylation sites is 1. The molecule has 3 rings (SSSR count). The molecule has 0 bridgehead atoms. The fraction of sp³-hybridized carbons (Fsp3) is 0.261. The van der Waals surface area contributed by atoms with Crippen molar-refractivity contribution in [1.82, 2.24) is 15.1 Å². The number of nitrogens with zero attached hydrogens (tertiary/aromatic N) is 2. The van der Waals surface area contributed by atoms with Gasteiger partial charge in [-0.1, -0.05) is 29.8 Å². The number of halogens is 3. The summed E-state index contributed by atoms with van der Waals surface area (Å²) in [6, 6.07) is 8.87. The third kappa shape index (κ3) is 4.82. The Morgan fingerprint density at radius 1 is 1.03 bits per heavy atom. The molecule has 0 saturated carbocycles. The van der Waals surface area contributed by atoms with Crippen LogP contribution < -0.4 is 10.6 Å². The number of rotatable bonds is 5. The van der Waals surface area contributed by atoms with Crippen molar-refractivity contribution in [2.24, 2.45) is 0 Å². The predicted molar refractivity (Wildman–Crippen MR) is 115 cm³/mol. The van der Waals surface area contributed by atoms with E-state index in [-0.39, 0.29) is 23.5 Å². The second-order valence-electron chi connectivity index (χ2n) is 7.57. The monoisotopic (exact) mass is 444 g/mol. The number of anilines is 1. The highest BCUT2D eigenvalue weighted by atomic mass is 19.4. The van der Waals surface area contributed by atoms with Gasteiger partial charge in [0.15, 0.2) is 0 Å². The summed E-state index contributed by atoms with van der Waals surface area (Å²) in [6.45, 7) is 6.92. The van der Waals surface area contributed by atoms with Crippen LogP contribution >= 0.6 is 0 Å². The summed E-state index contributed by atoms with van der Waals surface area (Å²) in [7, 11) is 0. The number of amides is 2. The van der Waals surface area contributed by atoms with Crippen LogP contribution in [0.4, 0.5) is 18.9 Å². The highest BCUT2D eigenvalue weighted by Crippen LogP contribution is 2.34. The zero-order valence-electron chi connectivity index (χ0n) is 18.1. The molecule has 0 radical (unpaired) electrons. The average Bonchev–Trinajstić information content (AvgIpc) is 3.09. The molecule has 9 heteroatoms. The lowest BCUT2D eigenvalue weighted by atomic mass is 10.1. The van der Waals surface area contributed by atoms with Crippen LogP contribution in [0.1, 0.15) is 38.3 Å². The van der Waals surface area contributed by atoms with Crippen molar-refractivity contribution in [2.75, 3.05) is 11.9 Å². The minimum absolute atomic E-state index is 0.0810. The number of aryl methyl sites for hydroxylation is 3. The van der Waals surface area contributed by atoms with Gasteiger partial charge in [0.2, 0.25) is 5.91 Å². The summed E-state index contributed by atoms with van der Waals surface area (Å²) in [5.41, 5.74) is 2.84. The van der Waals surface area contributed by atoms with Crippen LogP contribution in [0.5, 0.6) is 0 Å². The number of hydrogen-bond donors (Lipinski definition) is 2. The molecule has 32 heavy (non-hydrogen) atoms. The highest BCUT2D eigenvalue weighted by molar-refractivity contribution is 6.00. The SMILES string of the molecule is Cc1cc(C)c(NC(=O)CNC(=O)c2cnn(-c3ccccc3C(F)(F)F)c2C)c(C)c1. The molecule has 0 aliphatic heterocycles. The Hall–Kier alpha value is -3.62. The molecule has 168 valence electrons. The molecular formula is C23H23F3N4O2. The molecule has 0 atom stereocenters. The normalized spacial score (nSPS) is 11.3. The Bertz CT molecular complexity index is 1160. The number of aromatic nitrogens is 2. The fourth-order valence-electron chi connectivity index (χ4n) is 3.59. The van der Waals surface area contributed by atoms with Crippen molar-refractivity contribution in [2.45, 2.75) is 33.9 Å². The van der Waals surface area contributed by atoms with Crippen LogP contribution in [-0.2, 0) is 11.0 Å². The van der Waals surface area contributed by atoms with Crippen molar-refractivity contribution in [3.8, 4) is 5.69 Å². The van der Waals surface area contributed by atoms with Gasteiger partial charge in [-0.25, -0.2) is 4.68 Å². The van der Waals surface area contributed by atoms with Crippen LogP contribution in [0, 0.1) is 27.7 Å². The van der Waals surface area contributed by atoms with E-state index in [2.05, 4.69) is 15.7 Å². The van der Waals surface area contributed by atoms with Crippen LogP contribution in [0.2, 0.25) is 0 Å². The largest absolute Gasteiger partial charge is 0.418 e. The van der Waals surface area contributed by atoms with E-state index < -0.39 is 23.6 Å². The molecule has 6 nitrogen and oxygen atoms in total. The smallest absolute Gasteiger partial charge is 0.343 e. The van der Waals surface area contributed by atoms with E-state index in [4.69, 9.17) is 0 Å². The highest BCUT2D eigenvalue weighted by Gasteiger charge is 2.34. The summed E-state index contributed by atoms with van der Waals surface area (Å²) >= 11 is 0. The Balaban J connectivity index is 1.73. The molecular weight excluding hydrogens is 421 g/mol. The lowest BCUT2D eigenvalue weighted by molar-refractivity contribution is -0.137. The number of hydrogen-bond acceptors (Lipinski definition) is 3. The Kier molecular flexibility index (Phi) is 6.38. The summed E-state index contributed by atoms with van der Waals surface area (Å²) in [5.74, 6) is -1.02. The van der Waals surface area contributed by atoms with Crippen LogP contribution in [-0.4, -0.2) is 28.1 Å². The van der Waals surface area contributed by atoms with E-state index in [0.29, 0.717) is 5.69 Å². The third-order valence-electron chi connectivity index (χ3n) is 5.04. The Morgan fingerprint density at radius 3 is 2.28 bits per heavy atom. The molecule has 0 unspecified atom stereocenters. The van der Waals surface area contributed by atoms with Crippen molar-refractivity contribution in [1.29, 1.82) is 0 Å². The number of benzene rings is 2. The van der Waals surface area contributed by atoms with Gasteiger partial charge in [0.05, 0.1) is 35.2 Å². The standard InChI is InChI=1S/C23H23F3N4O2/c1-13-9-14(2)21(15(3)10-13)29-20(31)12-27-22(32)17-11-28-30(16(17)4)19-8-6-5-7-18(19)23(24,25)26/h5-11H,12H2,1-4H3,(H,27,32)(H,29,31). The van der Waals surface area contributed by atoms with E-state index in [1.807, 2.05) is 32.9 Å². The summed E-state index contributed by atoms with van der Waals surface area (Å²) in [6.07, 6.45) is -3.38. The first-order chi connectivity index (χ1) is 15.0. The molecule has 2 amide bonds. The zero-order valence-corrected chi connectivity index (χ0v) is 18.1. The topological polar surface area (TPSA) is 76.0 Å². The van der Waals surface area contributed by atoms with Gasteiger partial charge in [-0.05, 0) is 51.0 Å². The van der Waals surface area contributed by atoms with E-state index in [1.54, 1.807) is 0 Å². The van der Waals surface area contributed by atoms with Gasteiger partial charge in [0.1, 0.15) is 0 Å². The molecule has 1 aromatic heterocycles. The van der Waals surface area contributed by atoms with Crippen molar-refractivity contribution >= 4 is 17.5 Å². The van der Waals surface area contributed by atoms with Gasteiger partial charge >= 0.3 is 6.18 Å². The predicted octanol–water partition coefficient (Wildman–Crippen LogP) is 4.49. The Morgan fingerprint density at radius 2 is 1.66 bits per heavy atom. The average molecular weight is 444 g/mol. The van der Waals surface area contributed by atoms with Gasteiger partial charge in [0, 0.05) is 5.69 Å². The van der Waals surface area contributed by atoms with Crippen molar-refractivity contribution < 1.29 is 22.8 Å². The summed E-state index contributed by atoms with van der Waals surface area (Å²) < 4.78 is 41.1. The molecule has 3 aromatic rings.